The lowest BCUT2D eigenvalue weighted by molar-refractivity contribution is 0.111. The molecule has 3 nitrogen and oxygen atoms in total. The van der Waals surface area contributed by atoms with Gasteiger partial charge >= 0.3 is 0 Å². The summed E-state index contributed by atoms with van der Waals surface area (Å²) >= 11 is 3.36. The van der Waals surface area contributed by atoms with E-state index in [9.17, 15) is 4.79 Å². The minimum Gasteiger partial charge on any atom is -0.497 e. The van der Waals surface area contributed by atoms with Crippen molar-refractivity contribution in [3.8, 4) is 5.75 Å². The van der Waals surface area contributed by atoms with E-state index >= 15 is 0 Å². The zero-order valence-corrected chi connectivity index (χ0v) is 9.09. The molecule has 0 atom stereocenters. The second-order valence-corrected chi connectivity index (χ2v) is 3.68. The molecule has 1 N–H and O–H groups in total. The fraction of sp³-hybridized carbons (Fsp3) is 0.100. The highest BCUT2D eigenvalue weighted by molar-refractivity contribution is 9.10. The number of carbonyl (C=O) groups is 1. The lowest BCUT2D eigenvalue weighted by atomic mass is 10.2. The summed E-state index contributed by atoms with van der Waals surface area (Å²) in [6.07, 6.45) is 0.788. The van der Waals surface area contributed by atoms with Crippen molar-refractivity contribution in [3.63, 3.8) is 0 Å². The van der Waals surface area contributed by atoms with Gasteiger partial charge in [-0.1, -0.05) is 0 Å². The first-order chi connectivity index (χ1) is 6.76. The second kappa shape index (κ2) is 3.46. The standard InChI is InChI=1S/C10H8BrNO2/c1-14-6-2-3-7-8(4-6)12-9(5-13)10(7)11/h2-5,12H,1H3. The van der Waals surface area contributed by atoms with Gasteiger partial charge in [0.1, 0.15) is 5.75 Å². The number of methoxy groups -OCH3 is 1. The highest BCUT2D eigenvalue weighted by Gasteiger charge is 2.08. The molecule has 1 aromatic carbocycles. The van der Waals surface area contributed by atoms with E-state index in [4.69, 9.17) is 4.74 Å². The third kappa shape index (κ3) is 1.32. The van der Waals surface area contributed by atoms with Crippen molar-refractivity contribution >= 4 is 33.1 Å². The minimum atomic E-state index is 0.549. The molecule has 0 unspecified atom stereocenters. The predicted molar refractivity (Wildman–Crippen MR) is 57.9 cm³/mol. The van der Waals surface area contributed by atoms with E-state index in [0.717, 1.165) is 27.4 Å². The third-order valence-corrected chi connectivity index (χ3v) is 2.94. The predicted octanol–water partition coefficient (Wildman–Crippen LogP) is 2.75. The molecular formula is C10H8BrNO2. The Bertz CT molecular complexity index is 490. The molecule has 0 radical (unpaired) electrons. The Hall–Kier alpha value is -1.29. The van der Waals surface area contributed by atoms with Gasteiger partial charge in [-0.15, -0.1) is 0 Å². The van der Waals surface area contributed by atoms with Gasteiger partial charge in [0, 0.05) is 11.5 Å². The number of H-pyrrole nitrogens is 1. The largest absolute Gasteiger partial charge is 0.497 e. The first-order valence-electron chi connectivity index (χ1n) is 4.06. The fourth-order valence-corrected chi connectivity index (χ4v) is 1.91. The van der Waals surface area contributed by atoms with E-state index in [2.05, 4.69) is 20.9 Å². The van der Waals surface area contributed by atoms with Crippen molar-refractivity contribution in [2.24, 2.45) is 0 Å². The highest BCUT2D eigenvalue weighted by atomic mass is 79.9. The van der Waals surface area contributed by atoms with E-state index in [-0.39, 0.29) is 0 Å². The van der Waals surface area contributed by atoms with Crippen LogP contribution < -0.4 is 4.74 Å². The lowest BCUT2D eigenvalue weighted by Crippen LogP contribution is -1.81. The molecule has 0 bridgehead atoms. The number of fused-ring (bicyclic) bond motifs is 1. The maximum atomic E-state index is 10.7. The number of nitrogens with one attached hydrogen (secondary N) is 1. The topological polar surface area (TPSA) is 42.1 Å². The summed E-state index contributed by atoms with van der Waals surface area (Å²) in [5.74, 6) is 0.767. The summed E-state index contributed by atoms with van der Waals surface area (Å²) in [5.41, 5.74) is 1.44. The van der Waals surface area contributed by atoms with Crippen LogP contribution in [0, 0.1) is 0 Å². The van der Waals surface area contributed by atoms with Crippen molar-refractivity contribution in [2.75, 3.05) is 7.11 Å². The monoisotopic (exact) mass is 253 g/mol. The molecule has 4 heteroatoms. The molecule has 2 aromatic rings. The fourth-order valence-electron chi connectivity index (χ4n) is 1.37. The molecule has 0 fully saturated rings. The molecular weight excluding hydrogens is 246 g/mol. The van der Waals surface area contributed by atoms with Crippen LogP contribution in [0.5, 0.6) is 5.75 Å². The Balaban J connectivity index is 2.72. The summed E-state index contributed by atoms with van der Waals surface area (Å²) < 4.78 is 5.88. The molecule has 1 heterocycles. The van der Waals surface area contributed by atoms with E-state index in [1.807, 2.05) is 18.2 Å². The van der Waals surface area contributed by atoms with Crippen molar-refractivity contribution in [2.45, 2.75) is 0 Å². The van der Waals surface area contributed by atoms with Gasteiger partial charge in [-0.05, 0) is 28.1 Å². The Morgan fingerprint density at radius 2 is 2.29 bits per heavy atom. The number of rotatable bonds is 2. The number of carbonyl (C=O) groups excluding carboxylic acids is 1. The maximum Gasteiger partial charge on any atom is 0.167 e. The number of halogens is 1. The summed E-state index contributed by atoms with van der Waals surface area (Å²) in [5, 5.41) is 0.980. The van der Waals surface area contributed by atoms with Crippen LogP contribution in [0.25, 0.3) is 10.9 Å². The van der Waals surface area contributed by atoms with Gasteiger partial charge in [0.15, 0.2) is 6.29 Å². The van der Waals surface area contributed by atoms with Crippen molar-refractivity contribution in [3.05, 3.63) is 28.4 Å². The van der Waals surface area contributed by atoms with Crippen LogP contribution in [0.3, 0.4) is 0 Å². The Morgan fingerprint density at radius 1 is 1.50 bits per heavy atom. The summed E-state index contributed by atoms with van der Waals surface area (Å²) in [6, 6.07) is 5.62. The number of aromatic amines is 1. The smallest absolute Gasteiger partial charge is 0.167 e. The van der Waals surface area contributed by atoms with Gasteiger partial charge in [0.05, 0.1) is 22.8 Å². The molecule has 1 aromatic heterocycles. The van der Waals surface area contributed by atoms with Gasteiger partial charge in [-0.25, -0.2) is 0 Å². The maximum absolute atomic E-state index is 10.7. The van der Waals surface area contributed by atoms with Gasteiger partial charge in [0.25, 0.3) is 0 Å². The van der Waals surface area contributed by atoms with Gasteiger partial charge in [-0.2, -0.15) is 0 Å². The van der Waals surface area contributed by atoms with Crippen LogP contribution >= 0.6 is 15.9 Å². The average Bonchev–Trinajstić information content (AvgIpc) is 2.55. The van der Waals surface area contributed by atoms with E-state index in [1.54, 1.807) is 7.11 Å². The number of benzene rings is 1. The molecule has 0 saturated heterocycles. The molecule has 0 aliphatic carbocycles. The van der Waals surface area contributed by atoms with Crippen molar-refractivity contribution in [1.82, 2.24) is 4.98 Å². The van der Waals surface area contributed by atoms with Crippen LogP contribution in [0.2, 0.25) is 0 Å². The van der Waals surface area contributed by atoms with Crippen molar-refractivity contribution < 1.29 is 9.53 Å². The second-order valence-electron chi connectivity index (χ2n) is 2.88. The van der Waals surface area contributed by atoms with E-state index in [1.165, 1.54) is 0 Å². The molecule has 72 valence electrons. The normalized spacial score (nSPS) is 10.4. The number of aldehydes is 1. The Kier molecular flexibility index (Phi) is 2.29. The highest BCUT2D eigenvalue weighted by Crippen LogP contribution is 2.29. The Morgan fingerprint density at radius 3 is 2.93 bits per heavy atom. The summed E-state index contributed by atoms with van der Waals surface area (Å²) in [7, 11) is 1.61. The minimum absolute atomic E-state index is 0.549. The molecule has 0 spiro atoms. The molecule has 0 saturated carbocycles. The molecule has 0 amide bonds. The van der Waals surface area contributed by atoms with E-state index in [0.29, 0.717) is 5.69 Å². The summed E-state index contributed by atoms with van der Waals surface area (Å²) in [6.45, 7) is 0. The van der Waals surface area contributed by atoms with Crippen LogP contribution in [-0.2, 0) is 0 Å². The quantitative estimate of drug-likeness (QED) is 0.837. The molecule has 2 rings (SSSR count). The molecule has 14 heavy (non-hydrogen) atoms. The first kappa shape index (κ1) is 9.27. The SMILES string of the molecule is COc1ccc2c(Br)c(C=O)[nH]c2c1. The van der Waals surface area contributed by atoms with Gasteiger partial charge in [-0.3, -0.25) is 4.79 Å². The molecule has 0 aliphatic rings. The number of hydrogen-bond acceptors (Lipinski definition) is 2. The Labute approximate surface area is 89.2 Å². The summed E-state index contributed by atoms with van der Waals surface area (Å²) in [4.78, 5) is 13.7. The van der Waals surface area contributed by atoms with Crippen LogP contribution in [0.15, 0.2) is 22.7 Å². The van der Waals surface area contributed by atoms with Gasteiger partial charge < -0.3 is 9.72 Å². The molecule has 0 aliphatic heterocycles. The van der Waals surface area contributed by atoms with Gasteiger partial charge in [0.2, 0.25) is 0 Å². The van der Waals surface area contributed by atoms with Crippen molar-refractivity contribution in [1.29, 1.82) is 0 Å². The zero-order valence-electron chi connectivity index (χ0n) is 7.50. The van der Waals surface area contributed by atoms with E-state index < -0.39 is 0 Å². The average molecular weight is 254 g/mol. The number of ether oxygens (including phenoxy) is 1. The van der Waals surface area contributed by atoms with Crippen LogP contribution in [0.1, 0.15) is 10.5 Å². The number of aromatic nitrogens is 1. The van der Waals surface area contributed by atoms with Crippen LogP contribution in [0.4, 0.5) is 0 Å². The first-order valence-corrected chi connectivity index (χ1v) is 4.86. The third-order valence-electron chi connectivity index (χ3n) is 2.09. The lowest BCUT2D eigenvalue weighted by Gasteiger charge is -1.97. The zero-order chi connectivity index (χ0) is 10.1. The van der Waals surface area contributed by atoms with Crippen LogP contribution in [-0.4, -0.2) is 18.4 Å². The number of hydrogen-bond donors (Lipinski definition) is 1.